The third kappa shape index (κ3) is 3.87. The molecule has 1 fully saturated rings. The Bertz CT molecular complexity index is 190. The molecule has 1 aliphatic carbocycles. The highest BCUT2D eigenvalue weighted by Gasteiger charge is 2.40. The normalized spacial score (nSPS) is 17.9. The number of hydrogen-bond acceptors (Lipinski definition) is 1. The number of nitrogens with one attached hydrogen (secondary N) is 1. The molecule has 2 nitrogen and oxygen atoms in total. The van der Waals surface area contributed by atoms with E-state index in [9.17, 15) is 4.79 Å². The Morgan fingerprint density at radius 2 is 2.14 bits per heavy atom. The van der Waals surface area contributed by atoms with Crippen molar-refractivity contribution in [3.8, 4) is 0 Å². The first-order valence-corrected chi connectivity index (χ1v) is 6.08. The van der Waals surface area contributed by atoms with E-state index in [2.05, 4.69) is 12.2 Å². The van der Waals surface area contributed by atoms with Crippen LogP contribution in [-0.4, -0.2) is 18.3 Å². The molecule has 1 saturated carbocycles. The molecule has 0 saturated heterocycles. The fourth-order valence-electron chi connectivity index (χ4n) is 1.59. The number of halogens is 1. The van der Waals surface area contributed by atoms with E-state index >= 15 is 0 Å². The van der Waals surface area contributed by atoms with E-state index < -0.39 is 0 Å². The van der Waals surface area contributed by atoms with Gasteiger partial charge in [-0.05, 0) is 37.5 Å². The summed E-state index contributed by atoms with van der Waals surface area (Å²) in [5.74, 6) is 0.849. The smallest absolute Gasteiger partial charge is 0.220 e. The van der Waals surface area contributed by atoms with E-state index in [0.29, 0.717) is 17.7 Å². The van der Waals surface area contributed by atoms with E-state index in [4.69, 9.17) is 11.6 Å². The van der Waals surface area contributed by atoms with E-state index in [1.807, 2.05) is 0 Å². The molecule has 1 amide bonds. The first kappa shape index (κ1) is 11.8. The van der Waals surface area contributed by atoms with Crippen molar-refractivity contribution in [1.29, 1.82) is 0 Å². The fourth-order valence-corrected chi connectivity index (χ4v) is 1.78. The second-order valence-corrected chi connectivity index (χ2v) is 4.65. The van der Waals surface area contributed by atoms with Gasteiger partial charge in [0.05, 0.1) is 0 Å². The van der Waals surface area contributed by atoms with Crippen LogP contribution in [0.2, 0.25) is 0 Å². The Morgan fingerprint density at radius 1 is 1.43 bits per heavy atom. The summed E-state index contributed by atoms with van der Waals surface area (Å²) >= 11 is 5.54. The highest BCUT2D eigenvalue weighted by atomic mass is 35.5. The van der Waals surface area contributed by atoms with E-state index in [-0.39, 0.29) is 5.91 Å². The molecule has 0 radical (unpaired) electrons. The summed E-state index contributed by atoms with van der Waals surface area (Å²) in [4.78, 5) is 11.4. The number of alkyl halides is 1. The molecule has 3 heteroatoms. The summed E-state index contributed by atoms with van der Waals surface area (Å²) in [7, 11) is 0. The lowest BCUT2D eigenvalue weighted by Gasteiger charge is -2.13. The lowest BCUT2D eigenvalue weighted by molar-refractivity contribution is -0.121. The first-order valence-electron chi connectivity index (χ1n) is 5.55. The largest absolute Gasteiger partial charge is 0.356 e. The molecule has 14 heavy (non-hydrogen) atoms. The number of carbonyl (C=O) groups is 1. The number of hydrogen-bond donors (Lipinski definition) is 1. The molecule has 0 atom stereocenters. The fraction of sp³-hybridized carbons (Fsp3) is 0.909. The van der Waals surface area contributed by atoms with Crippen molar-refractivity contribution in [2.24, 2.45) is 5.41 Å². The second kappa shape index (κ2) is 5.59. The van der Waals surface area contributed by atoms with Crippen molar-refractivity contribution in [1.82, 2.24) is 5.32 Å². The van der Waals surface area contributed by atoms with Crippen molar-refractivity contribution < 1.29 is 4.79 Å². The number of rotatable bonds is 7. The third-order valence-electron chi connectivity index (χ3n) is 3.16. The minimum atomic E-state index is 0.190. The van der Waals surface area contributed by atoms with Gasteiger partial charge in [-0.25, -0.2) is 0 Å². The zero-order chi connectivity index (χ0) is 10.4. The van der Waals surface area contributed by atoms with Crippen molar-refractivity contribution in [2.45, 2.75) is 45.4 Å². The van der Waals surface area contributed by atoms with Crippen LogP contribution in [-0.2, 0) is 4.79 Å². The Hall–Kier alpha value is -0.240. The highest BCUT2D eigenvalue weighted by molar-refractivity contribution is 6.17. The minimum absolute atomic E-state index is 0.190. The molecule has 0 aliphatic heterocycles. The molecule has 0 spiro atoms. The van der Waals surface area contributed by atoms with Crippen molar-refractivity contribution in [2.75, 3.05) is 12.4 Å². The number of carbonyl (C=O) groups excluding carboxylic acids is 1. The van der Waals surface area contributed by atoms with Gasteiger partial charge in [-0.2, -0.15) is 0 Å². The quantitative estimate of drug-likeness (QED) is 0.516. The van der Waals surface area contributed by atoms with Crippen molar-refractivity contribution in [3.63, 3.8) is 0 Å². The summed E-state index contributed by atoms with van der Waals surface area (Å²) in [5.41, 5.74) is 0.460. The Kier molecular flexibility index (Phi) is 4.73. The van der Waals surface area contributed by atoms with E-state index in [0.717, 1.165) is 19.4 Å². The molecule has 0 aromatic carbocycles. The molecule has 0 bridgehead atoms. The second-order valence-electron chi connectivity index (χ2n) is 4.28. The van der Waals surface area contributed by atoms with Gasteiger partial charge in [0.25, 0.3) is 0 Å². The summed E-state index contributed by atoms with van der Waals surface area (Å²) < 4.78 is 0. The lowest BCUT2D eigenvalue weighted by atomic mass is 10.0. The molecule has 82 valence electrons. The van der Waals surface area contributed by atoms with Crippen LogP contribution in [0, 0.1) is 5.41 Å². The van der Waals surface area contributed by atoms with Gasteiger partial charge in [-0.3, -0.25) is 4.79 Å². The summed E-state index contributed by atoms with van der Waals surface area (Å²) in [6, 6.07) is 0. The van der Waals surface area contributed by atoms with Crippen LogP contribution in [0.25, 0.3) is 0 Å². The van der Waals surface area contributed by atoms with Gasteiger partial charge in [-0.15, -0.1) is 11.6 Å². The first-order chi connectivity index (χ1) is 6.72. The van der Waals surface area contributed by atoms with Crippen molar-refractivity contribution in [3.05, 3.63) is 0 Å². The zero-order valence-corrected chi connectivity index (χ0v) is 9.70. The maximum atomic E-state index is 11.4. The Morgan fingerprint density at radius 3 is 2.64 bits per heavy atom. The van der Waals surface area contributed by atoms with Crippen LogP contribution in [0.3, 0.4) is 0 Å². The third-order valence-corrected chi connectivity index (χ3v) is 3.42. The average molecular weight is 218 g/mol. The molecular weight excluding hydrogens is 198 g/mol. The Labute approximate surface area is 91.4 Å². The molecule has 1 rings (SSSR count). The Balaban J connectivity index is 2.03. The maximum absolute atomic E-state index is 11.4. The van der Waals surface area contributed by atoms with E-state index in [1.165, 1.54) is 19.3 Å². The van der Waals surface area contributed by atoms with Crippen LogP contribution in [0.1, 0.15) is 45.4 Å². The van der Waals surface area contributed by atoms with Crippen molar-refractivity contribution >= 4 is 17.5 Å². The molecule has 0 unspecified atom stereocenters. The van der Waals surface area contributed by atoms with Gasteiger partial charge in [0.1, 0.15) is 0 Å². The zero-order valence-electron chi connectivity index (χ0n) is 8.94. The molecule has 1 aliphatic rings. The maximum Gasteiger partial charge on any atom is 0.220 e. The standard InChI is InChI=1S/C11H20ClNO/c1-2-11(6-7-11)9-13-10(14)5-3-4-8-12/h2-9H2,1H3,(H,13,14). The number of unbranched alkanes of at least 4 members (excludes halogenated alkanes) is 1. The van der Waals surface area contributed by atoms with Gasteiger partial charge >= 0.3 is 0 Å². The molecule has 0 heterocycles. The monoisotopic (exact) mass is 217 g/mol. The van der Waals surface area contributed by atoms with Gasteiger partial charge in [0.2, 0.25) is 5.91 Å². The van der Waals surface area contributed by atoms with Gasteiger partial charge in [-0.1, -0.05) is 6.92 Å². The average Bonchev–Trinajstić information content (AvgIpc) is 2.96. The van der Waals surface area contributed by atoms with Crippen LogP contribution in [0.15, 0.2) is 0 Å². The van der Waals surface area contributed by atoms with Gasteiger partial charge < -0.3 is 5.32 Å². The SMILES string of the molecule is CCC1(CNC(=O)CCCCCl)CC1. The minimum Gasteiger partial charge on any atom is -0.356 e. The van der Waals surface area contributed by atoms with Crippen LogP contribution >= 0.6 is 11.6 Å². The van der Waals surface area contributed by atoms with Crippen LogP contribution in [0.4, 0.5) is 0 Å². The topological polar surface area (TPSA) is 29.1 Å². The van der Waals surface area contributed by atoms with Crippen LogP contribution < -0.4 is 5.32 Å². The van der Waals surface area contributed by atoms with Gasteiger partial charge in [0, 0.05) is 18.8 Å². The predicted octanol–water partition coefficient (Wildman–Crippen LogP) is 2.70. The predicted molar refractivity (Wildman–Crippen MR) is 59.5 cm³/mol. The molecule has 1 N–H and O–H groups in total. The molecule has 0 aromatic rings. The molecule has 0 aromatic heterocycles. The van der Waals surface area contributed by atoms with E-state index in [1.54, 1.807) is 0 Å². The van der Waals surface area contributed by atoms with Gasteiger partial charge in [0.15, 0.2) is 0 Å². The summed E-state index contributed by atoms with van der Waals surface area (Å²) in [6.07, 6.45) is 6.24. The summed E-state index contributed by atoms with van der Waals surface area (Å²) in [5, 5.41) is 3.01. The van der Waals surface area contributed by atoms with Crippen LogP contribution in [0.5, 0.6) is 0 Å². The number of amides is 1. The lowest BCUT2D eigenvalue weighted by Crippen LogP contribution is -2.29. The highest BCUT2D eigenvalue weighted by Crippen LogP contribution is 2.47. The summed E-state index contributed by atoms with van der Waals surface area (Å²) in [6.45, 7) is 3.08. The molecular formula is C11H20ClNO.